The smallest absolute Gasteiger partial charge is 0.296 e. The highest BCUT2D eigenvalue weighted by Gasteiger charge is 2.14. The Morgan fingerprint density at radius 2 is 1.42 bits per heavy atom. The van der Waals surface area contributed by atoms with Crippen LogP contribution in [-0.2, 0) is 23.8 Å². The van der Waals surface area contributed by atoms with E-state index in [1.807, 2.05) is 6.92 Å². The predicted molar refractivity (Wildman–Crippen MR) is 91.5 cm³/mol. The molecule has 1 rings (SSSR count). The Labute approximate surface area is 144 Å². The lowest BCUT2D eigenvalue weighted by atomic mass is 10.2. The molecule has 0 spiro atoms. The van der Waals surface area contributed by atoms with E-state index in [0.717, 1.165) is 18.4 Å². The van der Waals surface area contributed by atoms with Crippen molar-refractivity contribution in [3.8, 4) is 0 Å². The zero-order valence-corrected chi connectivity index (χ0v) is 15.1. The number of ether oxygens (including phenoxy) is 2. The molecule has 0 atom stereocenters. The summed E-state index contributed by atoms with van der Waals surface area (Å²) in [4.78, 5) is 0.192. The Morgan fingerprint density at radius 3 is 2.04 bits per heavy atom. The minimum atomic E-state index is -3.66. The van der Waals surface area contributed by atoms with Gasteiger partial charge in [-0.05, 0) is 44.7 Å². The first-order chi connectivity index (χ1) is 11.6. The van der Waals surface area contributed by atoms with Gasteiger partial charge in [0.15, 0.2) is 0 Å². The third-order valence-corrected chi connectivity index (χ3v) is 4.63. The van der Waals surface area contributed by atoms with Crippen molar-refractivity contribution in [3.05, 3.63) is 29.8 Å². The summed E-state index contributed by atoms with van der Waals surface area (Å²) in [5, 5.41) is 8.58. The van der Waals surface area contributed by atoms with E-state index in [9.17, 15) is 8.42 Å². The summed E-state index contributed by atoms with van der Waals surface area (Å²) < 4.78 is 39.6. The third kappa shape index (κ3) is 9.34. The van der Waals surface area contributed by atoms with Crippen LogP contribution < -0.4 is 0 Å². The Hall–Kier alpha value is -0.990. The van der Waals surface area contributed by atoms with E-state index < -0.39 is 10.1 Å². The van der Waals surface area contributed by atoms with Gasteiger partial charge in [0.05, 0.1) is 24.7 Å². The lowest BCUT2D eigenvalue weighted by Gasteiger charge is -2.07. The zero-order chi connectivity index (χ0) is 17.7. The van der Waals surface area contributed by atoms with Crippen LogP contribution in [0.2, 0.25) is 0 Å². The molecule has 0 aromatic heterocycles. The van der Waals surface area contributed by atoms with Gasteiger partial charge in [-0.3, -0.25) is 4.18 Å². The second kappa shape index (κ2) is 12.4. The number of hydrogen-bond donors (Lipinski definition) is 1. The first kappa shape index (κ1) is 21.1. The van der Waals surface area contributed by atoms with Crippen molar-refractivity contribution in [2.75, 3.05) is 39.6 Å². The molecule has 0 fully saturated rings. The Balaban J connectivity index is 2.01. The maximum atomic E-state index is 11.9. The van der Waals surface area contributed by atoms with E-state index in [4.69, 9.17) is 18.8 Å². The summed E-state index contributed by atoms with van der Waals surface area (Å²) in [6.07, 6.45) is 3.01. The van der Waals surface area contributed by atoms with Crippen LogP contribution in [0.1, 0.15) is 31.2 Å². The number of aryl methyl sites for hydroxylation is 1. The quantitative estimate of drug-likeness (QED) is 0.405. The fraction of sp³-hybridized carbons (Fsp3) is 0.647. The van der Waals surface area contributed by atoms with Crippen molar-refractivity contribution >= 4 is 10.1 Å². The molecular weight excluding hydrogens is 332 g/mol. The molecule has 138 valence electrons. The lowest BCUT2D eigenvalue weighted by Crippen LogP contribution is -2.08. The zero-order valence-electron chi connectivity index (χ0n) is 14.3. The van der Waals surface area contributed by atoms with Crippen molar-refractivity contribution in [3.63, 3.8) is 0 Å². The first-order valence-corrected chi connectivity index (χ1v) is 9.69. The molecule has 0 saturated carbocycles. The van der Waals surface area contributed by atoms with Gasteiger partial charge >= 0.3 is 0 Å². The van der Waals surface area contributed by atoms with E-state index in [1.54, 1.807) is 24.3 Å². The molecule has 0 radical (unpaired) electrons. The van der Waals surface area contributed by atoms with Gasteiger partial charge in [0.2, 0.25) is 0 Å². The molecule has 6 nitrogen and oxygen atoms in total. The molecule has 0 aliphatic heterocycles. The molecule has 0 aliphatic carbocycles. The molecule has 0 unspecified atom stereocenters. The van der Waals surface area contributed by atoms with Crippen molar-refractivity contribution in [2.45, 2.75) is 37.5 Å². The van der Waals surface area contributed by atoms with Crippen LogP contribution in [0.4, 0.5) is 0 Å². The summed E-state index contributed by atoms with van der Waals surface area (Å²) >= 11 is 0. The summed E-state index contributed by atoms with van der Waals surface area (Å²) in [5.41, 5.74) is 1.01. The average molecular weight is 360 g/mol. The molecule has 1 aromatic rings. The number of aliphatic hydroxyl groups is 1. The monoisotopic (exact) mass is 360 g/mol. The van der Waals surface area contributed by atoms with Crippen LogP contribution in [0.5, 0.6) is 0 Å². The van der Waals surface area contributed by atoms with Crippen LogP contribution >= 0.6 is 0 Å². The molecule has 0 saturated heterocycles. The van der Waals surface area contributed by atoms with Crippen molar-refractivity contribution in [1.82, 2.24) is 0 Å². The van der Waals surface area contributed by atoms with Crippen LogP contribution in [0.25, 0.3) is 0 Å². The highest BCUT2D eigenvalue weighted by atomic mass is 32.2. The molecular formula is C17H28O6S. The topological polar surface area (TPSA) is 82.1 Å². The molecule has 0 heterocycles. The van der Waals surface area contributed by atoms with Gasteiger partial charge in [0, 0.05) is 19.8 Å². The number of hydrogen-bond acceptors (Lipinski definition) is 6. The largest absolute Gasteiger partial charge is 0.396 e. The summed E-state index contributed by atoms with van der Waals surface area (Å²) in [7, 11) is -3.66. The van der Waals surface area contributed by atoms with Gasteiger partial charge < -0.3 is 14.6 Å². The van der Waals surface area contributed by atoms with Gasteiger partial charge in [0.25, 0.3) is 10.1 Å². The van der Waals surface area contributed by atoms with Gasteiger partial charge in [-0.1, -0.05) is 17.7 Å². The second-order valence-corrected chi connectivity index (χ2v) is 7.07. The molecule has 7 heteroatoms. The van der Waals surface area contributed by atoms with E-state index in [-0.39, 0.29) is 18.1 Å². The summed E-state index contributed by atoms with van der Waals surface area (Å²) in [5.74, 6) is 0. The molecule has 1 N–H and O–H groups in total. The minimum Gasteiger partial charge on any atom is -0.396 e. The van der Waals surface area contributed by atoms with Crippen LogP contribution in [0.3, 0.4) is 0 Å². The van der Waals surface area contributed by atoms with Gasteiger partial charge in [-0.15, -0.1) is 0 Å². The molecule has 0 amide bonds. The molecule has 0 aliphatic rings. The van der Waals surface area contributed by atoms with Gasteiger partial charge in [-0.25, -0.2) is 0 Å². The van der Waals surface area contributed by atoms with Gasteiger partial charge in [-0.2, -0.15) is 8.42 Å². The number of unbranched alkanes of at least 4 members (excludes halogenated alkanes) is 2. The number of aliphatic hydroxyl groups excluding tert-OH is 1. The molecule has 1 aromatic carbocycles. The Bertz CT molecular complexity index is 527. The van der Waals surface area contributed by atoms with E-state index in [1.165, 1.54) is 0 Å². The summed E-state index contributed by atoms with van der Waals surface area (Å²) in [6.45, 7) is 4.45. The minimum absolute atomic E-state index is 0.141. The highest BCUT2D eigenvalue weighted by Crippen LogP contribution is 2.13. The Morgan fingerprint density at radius 1 is 0.833 bits per heavy atom. The van der Waals surface area contributed by atoms with E-state index >= 15 is 0 Å². The molecule has 0 bridgehead atoms. The maximum absolute atomic E-state index is 11.9. The second-order valence-electron chi connectivity index (χ2n) is 5.45. The fourth-order valence-electron chi connectivity index (χ4n) is 1.91. The highest BCUT2D eigenvalue weighted by molar-refractivity contribution is 7.86. The van der Waals surface area contributed by atoms with E-state index in [2.05, 4.69) is 0 Å². The van der Waals surface area contributed by atoms with E-state index in [0.29, 0.717) is 39.3 Å². The predicted octanol–water partition coefficient (Wildman–Crippen LogP) is 2.29. The SMILES string of the molecule is Cc1ccc(S(=O)(=O)OCCCCCOCCOCCCO)cc1. The van der Waals surface area contributed by atoms with Crippen LogP contribution in [0, 0.1) is 6.92 Å². The van der Waals surface area contributed by atoms with Crippen LogP contribution in [-0.4, -0.2) is 53.2 Å². The fourth-order valence-corrected chi connectivity index (χ4v) is 2.86. The third-order valence-electron chi connectivity index (χ3n) is 3.30. The van der Waals surface area contributed by atoms with Crippen molar-refractivity contribution in [2.24, 2.45) is 0 Å². The van der Waals surface area contributed by atoms with Crippen LogP contribution in [0.15, 0.2) is 29.2 Å². The first-order valence-electron chi connectivity index (χ1n) is 8.29. The van der Waals surface area contributed by atoms with Crippen molar-refractivity contribution in [1.29, 1.82) is 0 Å². The number of rotatable bonds is 14. The summed E-state index contributed by atoms with van der Waals surface area (Å²) in [6, 6.07) is 6.62. The normalized spacial score (nSPS) is 11.8. The standard InChI is InChI=1S/C17H28O6S/c1-16-6-8-17(9-7-16)24(19,20)23-13-4-2-3-11-21-14-15-22-12-5-10-18/h6-9,18H,2-5,10-15H2,1H3. The maximum Gasteiger partial charge on any atom is 0.296 e. The average Bonchev–Trinajstić information content (AvgIpc) is 2.56. The van der Waals surface area contributed by atoms with Gasteiger partial charge in [0.1, 0.15) is 0 Å². The van der Waals surface area contributed by atoms with Crippen molar-refractivity contribution < 1.29 is 27.2 Å². The molecule has 24 heavy (non-hydrogen) atoms. The Kier molecular flexibility index (Phi) is 10.9. The lowest BCUT2D eigenvalue weighted by molar-refractivity contribution is 0.0411. The number of benzene rings is 1.